The van der Waals surface area contributed by atoms with Crippen LogP contribution in [0.2, 0.25) is 5.02 Å². The maximum absolute atomic E-state index is 13.7. The molecule has 0 aliphatic heterocycles. The predicted octanol–water partition coefficient (Wildman–Crippen LogP) is 6.24. The number of aromatic nitrogens is 1. The molecule has 4 unspecified atom stereocenters. The van der Waals surface area contributed by atoms with Gasteiger partial charge in [-0.25, -0.2) is 4.39 Å². The average Bonchev–Trinajstić information content (AvgIpc) is 3.38. The van der Waals surface area contributed by atoms with Gasteiger partial charge >= 0.3 is 0 Å². The van der Waals surface area contributed by atoms with Crippen molar-refractivity contribution in [3.05, 3.63) is 59.1 Å². The molecule has 1 aromatic carbocycles. The molecule has 2 aliphatic rings. The third-order valence-corrected chi connectivity index (χ3v) is 9.13. The molecule has 2 amide bonds. The van der Waals surface area contributed by atoms with Crippen molar-refractivity contribution in [1.82, 2.24) is 10.3 Å². The van der Waals surface area contributed by atoms with Crippen molar-refractivity contribution < 1.29 is 14.0 Å². The van der Waals surface area contributed by atoms with Gasteiger partial charge in [0.2, 0.25) is 11.8 Å². The van der Waals surface area contributed by atoms with Crippen LogP contribution in [0.3, 0.4) is 0 Å². The number of anilines is 1. The number of amides is 2. The highest BCUT2D eigenvalue weighted by Gasteiger charge is 2.46. The molecule has 4 atom stereocenters. The van der Waals surface area contributed by atoms with Gasteiger partial charge in [-0.2, -0.15) is 0 Å². The van der Waals surface area contributed by atoms with Crippen LogP contribution >= 0.6 is 11.6 Å². The Morgan fingerprint density at radius 3 is 2.46 bits per heavy atom. The molecule has 0 saturated heterocycles. The fourth-order valence-corrected chi connectivity index (χ4v) is 7.34. The molecule has 4 rings (SSSR count). The number of nitrogens with one attached hydrogen (secondary N) is 2. The number of rotatable bonds is 9. The number of carbonyl (C=O) groups is 2. The fraction of sp³-hybridized carbons (Fsp3) is 0.581. The van der Waals surface area contributed by atoms with Crippen LogP contribution in [0.1, 0.15) is 77.7 Å². The molecule has 2 aliphatic carbocycles. The number of hydrogen-bond acceptors (Lipinski definition) is 4. The van der Waals surface area contributed by atoms with Crippen LogP contribution in [-0.2, 0) is 15.0 Å². The van der Waals surface area contributed by atoms with E-state index in [4.69, 9.17) is 17.3 Å². The SMILES string of the molecule is CC(C)CC1CC(C(N)CNC(=O)C2(c3ccc(F)cc3Cl)CCCC2)CC(C)(C(=O)Nc2ccncc2)C1. The van der Waals surface area contributed by atoms with Gasteiger partial charge in [0.05, 0.1) is 5.41 Å². The molecule has 4 N–H and O–H groups in total. The molecule has 0 spiro atoms. The summed E-state index contributed by atoms with van der Waals surface area (Å²) in [6.07, 6.45) is 9.93. The Labute approximate surface area is 236 Å². The average molecular weight is 557 g/mol. The maximum atomic E-state index is 13.7. The van der Waals surface area contributed by atoms with E-state index >= 15 is 0 Å². The van der Waals surface area contributed by atoms with Crippen LogP contribution in [0.4, 0.5) is 10.1 Å². The summed E-state index contributed by atoms with van der Waals surface area (Å²) in [5.74, 6) is 0.460. The highest BCUT2D eigenvalue weighted by molar-refractivity contribution is 6.31. The standard InChI is InChI=1S/C31H42ClFN4O2/c1-20(2)14-21-15-22(18-30(3,17-21)28(38)37-24-8-12-35-13-9-24)27(34)19-36-29(39)31(10-4-5-11-31)25-7-6-23(33)16-26(25)32/h6-9,12-13,16,20-22,27H,4-5,10-11,14-15,17-19,34H2,1-3H3,(H,36,39)(H,35,37,38). The number of benzene rings is 1. The lowest BCUT2D eigenvalue weighted by Crippen LogP contribution is -2.51. The predicted molar refractivity (Wildman–Crippen MR) is 154 cm³/mol. The van der Waals surface area contributed by atoms with Crippen LogP contribution in [0, 0.1) is 29.0 Å². The van der Waals surface area contributed by atoms with E-state index in [0.717, 1.165) is 37.8 Å². The van der Waals surface area contributed by atoms with E-state index in [1.807, 2.05) is 6.92 Å². The third kappa shape index (κ3) is 6.80. The van der Waals surface area contributed by atoms with Crippen LogP contribution in [0.15, 0.2) is 42.7 Å². The zero-order valence-electron chi connectivity index (χ0n) is 23.3. The maximum Gasteiger partial charge on any atom is 0.230 e. The van der Waals surface area contributed by atoms with Crippen molar-refractivity contribution in [1.29, 1.82) is 0 Å². The number of halogens is 2. The van der Waals surface area contributed by atoms with Gasteiger partial charge in [-0.1, -0.05) is 51.3 Å². The quantitative estimate of drug-likeness (QED) is 0.341. The van der Waals surface area contributed by atoms with Gasteiger partial charge in [0.15, 0.2) is 0 Å². The number of nitrogens with two attached hydrogens (primary N) is 1. The number of pyridine rings is 1. The minimum absolute atomic E-state index is 0.000693. The largest absolute Gasteiger partial charge is 0.354 e. The summed E-state index contributed by atoms with van der Waals surface area (Å²) < 4.78 is 13.7. The van der Waals surface area contributed by atoms with E-state index in [1.165, 1.54) is 12.1 Å². The molecular weight excluding hydrogens is 515 g/mol. The molecule has 1 heterocycles. The first-order valence-electron chi connectivity index (χ1n) is 14.2. The van der Waals surface area contributed by atoms with E-state index in [-0.39, 0.29) is 28.8 Å². The summed E-state index contributed by atoms with van der Waals surface area (Å²) in [4.78, 5) is 31.2. The normalized spacial score (nSPS) is 25.3. The molecule has 0 radical (unpaired) electrons. The van der Waals surface area contributed by atoms with Gasteiger partial charge in [-0.3, -0.25) is 14.6 Å². The molecule has 0 bridgehead atoms. The molecule has 6 nitrogen and oxygen atoms in total. The number of nitrogens with zero attached hydrogens (tertiary/aromatic N) is 1. The zero-order valence-corrected chi connectivity index (χ0v) is 24.1. The van der Waals surface area contributed by atoms with Crippen molar-refractivity contribution in [3.63, 3.8) is 0 Å². The summed E-state index contributed by atoms with van der Waals surface area (Å²) in [6.45, 7) is 6.78. The second-order valence-corrected chi connectivity index (χ2v) is 12.8. The van der Waals surface area contributed by atoms with Crippen molar-refractivity contribution >= 4 is 29.1 Å². The molecule has 1 aromatic heterocycles. The Morgan fingerprint density at radius 1 is 1.13 bits per heavy atom. The Kier molecular flexibility index (Phi) is 9.33. The second-order valence-electron chi connectivity index (χ2n) is 12.4. The summed E-state index contributed by atoms with van der Waals surface area (Å²) in [7, 11) is 0. The van der Waals surface area contributed by atoms with Crippen molar-refractivity contribution in [2.75, 3.05) is 11.9 Å². The minimum Gasteiger partial charge on any atom is -0.354 e. The van der Waals surface area contributed by atoms with Crippen LogP contribution in [-0.4, -0.2) is 29.4 Å². The van der Waals surface area contributed by atoms with Gasteiger partial charge in [-0.05, 0) is 86.1 Å². The molecule has 39 heavy (non-hydrogen) atoms. The highest BCUT2D eigenvalue weighted by atomic mass is 35.5. The topological polar surface area (TPSA) is 97.1 Å². The van der Waals surface area contributed by atoms with Crippen molar-refractivity contribution in [2.24, 2.45) is 28.9 Å². The molecule has 2 fully saturated rings. The van der Waals surface area contributed by atoms with Crippen LogP contribution in [0.25, 0.3) is 0 Å². The first-order valence-corrected chi connectivity index (χ1v) is 14.6. The van der Waals surface area contributed by atoms with Gasteiger partial charge in [0, 0.05) is 41.1 Å². The Morgan fingerprint density at radius 2 is 1.82 bits per heavy atom. The molecule has 2 saturated carbocycles. The Balaban J connectivity index is 1.47. The summed E-state index contributed by atoms with van der Waals surface area (Å²) in [6, 6.07) is 7.59. The molecule has 8 heteroatoms. The van der Waals surface area contributed by atoms with Gasteiger partial charge in [0.25, 0.3) is 0 Å². The van der Waals surface area contributed by atoms with Gasteiger partial charge in [-0.15, -0.1) is 0 Å². The number of carbonyl (C=O) groups excluding carboxylic acids is 2. The van der Waals surface area contributed by atoms with E-state index < -0.39 is 16.6 Å². The molecule has 212 valence electrons. The second kappa shape index (κ2) is 12.3. The minimum atomic E-state index is -0.768. The van der Waals surface area contributed by atoms with E-state index in [0.29, 0.717) is 43.2 Å². The van der Waals surface area contributed by atoms with Crippen LogP contribution < -0.4 is 16.4 Å². The summed E-state index contributed by atoms with van der Waals surface area (Å²) in [5, 5.41) is 6.50. The monoisotopic (exact) mass is 556 g/mol. The van der Waals surface area contributed by atoms with E-state index in [2.05, 4.69) is 29.5 Å². The zero-order chi connectivity index (χ0) is 28.2. The van der Waals surface area contributed by atoms with Gasteiger partial charge in [0.1, 0.15) is 5.82 Å². The van der Waals surface area contributed by atoms with Gasteiger partial charge < -0.3 is 16.4 Å². The lowest BCUT2D eigenvalue weighted by molar-refractivity contribution is -0.129. The first kappa shape index (κ1) is 29.5. The van der Waals surface area contributed by atoms with E-state index in [9.17, 15) is 14.0 Å². The third-order valence-electron chi connectivity index (χ3n) is 8.82. The summed E-state index contributed by atoms with van der Waals surface area (Å²) in [5.41, 5.74) is 6.85. The summed E-state index contributed by atoms with van der Waals surface area (Å²) >= 11 is 6.42. The molecule has 2 aromatic rings. The first-order chi connectivity index (χ1) is 18.5. The lowest BCUT2D eigenvalue weighted by atomic mass is 9.63. The fourth-order valence-electron chi connectivity index (χ4n) is 6.99. The highest BCUT2D eigenvalue weighted by Crippen LogP contribution is 2.47. The van der Waals surface area contributed by atoms with Crippen molar-refractivity contribution in [2.45, 2.75) is 83.6 Å². The number of hydrogen-bond donors (Lipinski definition) is 3. The lowest BCUT2D eigenvalue weighted by Gasteiger charge is -2.44. The smallest absolute Gasteiger partial charge is 0.230 e. The van der Waals surface area contributed by atoms with E-state index in [1.54, 1.807) is 30.6 Å². The van der Waals surface area contributed by atoms with Crippen LogP contribution in [0.5, 0.6) is 0 Å². The Hall–Kier alpha value is -2.51. The molecular formula is C31H42ClFN4O2. The van der Waals surface area contributed by atoms with Crippen molar-refractivity contribution in [3.8, 4) is 0 Å². The Bertz CT molecular complexity index is 1150.